The van der Waals surface area contributed by atoms with E-state index in [1.807, 2.05) is 0 Å². The molecule has 0 rings (SSSR count). The minimum Gasteiger partial charge on any atom is -0.125 e. The van der Waals surface area contributed by atoms with E-state index < -0.39 is 0 Å². The van der Waals surface area contributed by atoms with Gasteiger partial charge in [0.25, 0.3) is 0 Å². The highest BCUT2D eigenvalue weighted by atomic mass is 28.2. The van der Waals surface area contributed by atoms with Gasteiger partial charge in [-0.05, 0) is 11.5 Å². The molecule has 0 fully saturated rings. The van der Waals surface area contributed by atoms with Crippen molar-refractivity contribution in [3.05, 3.63) is 6.42 Å². The van der Waals surface area contributed by atoms with Gasteiger partial charge in [-0.2, -0.15) is 0 Å². The van der Waals surface area contributed by atoms with E-state index in [1.54, 1.807) is 0 Å². The zero-order chi connectivity index (χ0) is 5.91. The molecule has 0 heterocycles. The molecule has 1 heteroatoms. The lowest BCUT2D eigenvalue weighted by atomic mass is 10.3. The predicted octanol–water partition coefficient (Wildman–Crippen LogP) is 0.921. The molecule has 0 aromatic carbocycles. The summed E-state index contributed by atoms with van der Waals surface area (Å²) >= 11 is 0. The van der Waals surface area contributed by atoms with Crippen molar-refractivity contribution >= 4 is 9.52 Å². The van der Waals surface area contributed by atoms with Crippen LogP contribution in [0.1, 0.15) is 20.8 Å². The fourth-order valence-corrected chi connectivity index (χ4v) is 0.795. The third-order valence-corrected chi connectivity index (χ3v) is 1.86. The van der Waals surface area contributed by atoms with Crippen molar-refractivity contribution in [2.75, 3.05) is 0 Å². The first-order chi connectivity index (χ1) is 3.06. The van der Waals surface area contributed by atoms with E-state index in [0.29, 0.717) is 5.04 Å². The lowest BCUT2D eigenvalue weighted by molar-refractivity contribution is 0.760. The summed E-state index contributed by atoms with van der Waals surface area (Å²) in [7, 11) is -0.323. The van der Waals surface area contributed by atoms with Crippen LogP contribution in [0.5, 0.6) is 0 Å². The second-order valence-electron chi connectivity index (χ2n) is 2.91. The molecule has 0 bridgehead atoms. The van der Waals surface area contributed by atoms with E-state index in [9.17, 15) is 0 Å². The molecule has 0 atom stereocenters. The van der Waals surface area contributed by atoms with Gasteiger partial charge < -0.3 is 0 Å². The topological polar surface area (TPSA) is 0 Å². The molecule has 0 unspecified atom stereocenters. The fraction of sp³-hybridized carbons (Fsp3) is 0.667. The number of hydrogen-bond acceptors (Lipinski definition) is 0. The van der Waals surface area contributed by atoms with Crippen LogP contribution in [0.3, 0.4) is 0 Å². The van der Waals surface area contributed by atoms with Crippen LogP contribution in [0.4, 0.5) is 0 Å². The second-order valence-corrected chi connectivity index (χ2v) is 5.74. The molecule has 0 aromatic rings. The third kappa shape index (κ3) is 5.78. The van der Waals surface area contributed by atoms with E-state index in [4.69, 9.17) is 6.42 Å². The van der Waals surface area contributed by atoms with Gasteiger partial charge in [-0.3, -0.25) is 0 Å². The summed E-state index contributed by atoms with van der Waals surface area (Å²) < 4.78 is 0. The Kier molecular flexibility index (Phi) is 2.11. The van der Waals surface area contributed by atoms with Crippen LogP contribution < -0.4 is 0 Å². The highest BCUT2D eigenvalue weighted by Gasteiger charge is 2.06. The molecule has 39 valence electrons. The van der Waals surface area contributed by atoms with E-state index in [0.717, 1.165) is 0 Å². The molecule has 0 nitrogen and oxygen atoms in total. The molecule has 0 aromatic heterocycles. The predicted molar refractivity (Wildman–Crippen MR) is 35.4 cm³/mol. The summed E-state index contributed by atoms with van der Waals surface area (Å²) in [6.07, 6.45) is 6.67. The Morgan fingerprint density at radius 2 is 1.86 bits per heavy atom. The lowest BCUT2D eigenvalue weighted by Crippen LogP contribution is -2.04. The van der Waals surface area contributed by atoms with Crippen molar-refractivity contribution in [2.45, 2.75) is 25.8 Å². The van der Waals surface area contributed by atoms with Crippen LogP contribution in [0, 0.1) is 12.0 Å². The Bertz CT molecular complexity index is 81.3. The molecule has 0 saturated heterocycles. The summed E-state index contributed by atoms with van der Waals surface area (Å²) in [5.74, 6) is 0. The van der Waals surface area contributed by atoms with Crippen molar-refractivity contribution < 1.29 is 0 Å². The summed E-state index contributed by atoms with van der Waals surface area (Å²) in [6.45, 7) is 6.46. The lowest BCUT2D eigenvalue weighted by Gasteiger charge is -2.10. The number of rotatable bonds is 0. The first-order valence-electron chi connectivity index (χ1n) is 2.46. The van der Waals surface area contributed by atoms with E-state index in [-0.39, 0.29) is 9.52 Å². The number of hydrogen-bond donors (Lipinski definition) is 0. The largest absolute Gasteiger partial charge is 0.125 e. The quantitative estimate of drug-likeness (QED) is 0.322. The average molecular weight is 111 g/mol. The molecular formula is C6H11Si. The van der Waals surface area contributed by atoms with Crippen molar-refractivity contribution in [1.82, 2.24) is 0 Å². The summed E-state index contributed by atoms with van der Waals surface area (Å²) in [5, 5.41) is 0.391. The summed E-state index contributed by atoms with van der Waals surface area (Å²) in [6, 6.07) is 0. The molecule has 0 aliphatic heterocycles. The zero-order valence-corrected chi connectivity index (χ0v) is 6.62. The van der Waals surface area contributed by atoms with Crippen molar-refractivity contribution in [1.29, 1.82) is 0 Å². The van der Waals surface area contributed by atoms with Gasteiger partial charge in [-0.1, -0.05) is 20.8 Å². The minimum absolute atomic E-state index is 0.323. The maximum atomic E-state index is 6.67. The summed E-state index contributed by atoms with van der Waals surface area (Å²) in [5.41, 5.74) is 2.50. The normalized spacial score (nSPS) is 12.3. The Hall–Kier alpha value is -0.223. The molecule has 7 heavy (non-hydrogen) atoms. The van der Waals surface area contributed by atoms with Crippen LogP contribution in [-0.4, -0.2) is 9.52 Å². The van der Waals surface area contributed by atoms with E-state index in [1.165, 1.54) is 0 Å². The second kappa shape index (κ2) is 2.18. The van der Waals surface area contributed by atoms with Gasteiger partial charge in [0.2, 0.25) is 0 Å². The molecule has 0 aliphatic carbocycles. The highest BCUT2D eigenvalue weighted by Crippen LogP contribution is 2.18. The highest BCUT2D eigenvalue weighted by molar-refractivity contribution is 6.49. The maximum Gasteiger partial charge on any atom is 0.113 e. The third-order valence-electron chi connectivity index (χ3n) is 0.619. The molecule has 0 spiro atoms. The van der Waals surface area contributed by atoms with Gasteiger partial charge in [0, 0.05) is 0 Å². The van der Waals surface area contributed by atoms with Gasteiger partial charge in [0.15, 0.2) is 0 Å². The van der Waals surface area contributed by atoms with Crippen LogP contribution in [-0.2, 0) is 0 Å². The van der Waals surface area contributed by atoms with Crippen LogP contribution in [0.2, 0.25) is 5.04 Å². The first-order valence-corrected chi connectivity index (χ1v) is 3.87. The Morgan fingerprint density at radius 3 is 1.86 bits per heavy atom. The van der Waals surface area contributed by atoms with E-state index >= 15 is 0 Å². The maximum absolute atomic E-state index is 6.67. The van der Waals surface area contributed by atoms with Crippen LogP contribution in [0.25, 0.3) is 0 Å². The smallest absolute Gasteiger partial charge is 0.113 e. The minimum atomic E-state index is -0.323. The summed E-state index contributed by atoms with van der Waals surface area (Å²) in [4.78, 5) is 0. The Balaban J connectivity index is 3.40. The average Bonchev–Trinajstić information content (AvgIpc) is 1.30. The van der Waals surface area contributed by atoms with Gasteiger partial charge in [-0.25, -0.2) is 0 Å². The Morgan fingerprint density at radius 1 is 1.43 bits per heavy atom. The SMILES string of the molecule is [C]#C[SiH2]C(C)(C)C. The van der Waals surface area contributed by atoms with Gasteiger partial charge in [0.1, 0.15) is 9.52 Å². The van der Waals surface area contributed by atoms with Crippen LogP contribution in [0.15, 0.2) is 0 Å². The van der Waals surface area contributed by atoms with Crippen molar-refractivity contribution in [3.63, 3.8) is 0 Å². The molecular weight excluding hydrogens is 100 g/mol. The van der Waals surface area contributed by atoms with E-state index in [2.05, 4.69) is 26.3 Å². The van der Waals surface area contributed by atoms with Crippen molar-refractivity contribution in [2.24, 2.45) is 0 Å². The van der Waals surface area contributed by atoms with Gasteiger partial charge in [-0.15, -0.1) is 5.54 Å². The zero-order valence-electron chi connectivity index (χ0n) is 5.21. The van der Waals surface area contributed by atoms with Crippen LogP contribution >= 0.6 is 0 Å². The molecule has 0 aliphatic rings. The molecule has 1 radical (unpaired) electrons. The fourth-order valence-electron chi connectivity index (χ4n) is 0.265. The molecule has 0 N–H and O–H groups in total. The molecule has 0 saturated carbocycles. The standard InChI is InChI=1S/C6H11Si/c1-5-7-6(2,3)4/h7H2,2-4H3. The monoisotopic (exact) mass is 111 g/mol. The first kappa shape index (κ1) is 6.78. The molecule has 0 amide bonds. The Labute approximate surface area is 48.1 Å². The van der Waals surface area contributed by atoms with Gasteiger partial charge in [0.05, 0.1) is 0 Å². The van der Waals surface area contributed by atoms with Crippen molar-refractivity contribution in [3.8, 4) is 5.54 Å². The van der Waals surface area contributed by atoms with Gasteiger partial charge >= 0.3 is 0 Å².